The molecule has 2 aromatic rings. The molecular weight excluding hydrogens is 372 g/mol. The van der Waals surface area contributed by atoms with Gasteiger partial charge in [0, 0.05) is 25.7 Å². The number of aliphatic imine (C=N–C) groups is 1. The van der Waals surface area contributed by atoms with Gasteiger partial charge in [0.2, 0.25) is 0 Å². The van der Waals surface area contributed by atoms with Crippen LogP contribution in [0, 0.1) is 10.1 Å². The number of hydrogen-bond donors (Lipinski definition) is 2. The van der Waals surface area contributed by atoms with Crippen LogP contribution in [-0.2, 0) is 6.54 Å². The molecule has 2 N–H and O–H groups in total. The Kier molecular flexibility index (Phi) is 8.27. The zero-order chi connectivity index (χ0) is 21.2. The first-order chi connectivity index (χ1) is 14.0. The number of benzene rings is 2. The van der Waals surface area contributed by atoms with Gasteiger partial charge in [0.1, 0.15) is 0 Å². The average Bonchev–Trinajstić information content (AvgIpc) is 2.72. The predicted molar refractivity (Wildman–Crippen MR) is 114 cm³/mol. The van der Waals surface area contributed by atoms with E-state index in [0.29, 0.717) is 31.5 Å². The van der Waals surface area contributed by atoms with Crippen LogP contribution in [0.5, 0.6) is 11.5 Å². The van der Waals surface area contributed by atoms with Crippen molar-refractivity contribution in [2.45, 2.75) is 33.4 Å². The molecule has 0 saturated heterocycles. The predicted octanol–water partition coefficient (Wildman–Crippen LogP) is 3.82. The minimum atomic E-state index is -0.410. The van der Waals surface area contributed by atoms with Crippen molar-refractivity contribution in [3.8, 4) is 11.5 Å². The molecule has 8 heteroatoms. The fraction of sp³-hybridized carbons (Fsp3) is 0.381. The molecule has 1 unspecified atom stereocenters. The van der Waals surface area contributed by atoms with Crippen LogP contribution in [0.1, 0.15) is 37.9 Å². The van der Waals surface area contributed by atoms with Crippen molar-refractivity contribution >= 4 is 11.6 Å². The van der Waals surface area contributed by atoms with Crippen molar-refractivity contribution in [1.29, 1.82) is 0 Å². The molecule has 2 rings (SSSR count). The van der Waals surface area contributed by atoms with E-state index in [9.17, 15) is 10.1 Å². The molecule has 2 aromatic carbocycles. The standard InChI is InChI=1S/C21H28N4O4/c1-5-28-19-12-9-17(13-20(19)29-6-2)15(3)24-21(22-4)23-14-16-7-10-18(11-8-16)25(26)27/h7-13,15H,5-6,14H2,1-4H3,(H2,22,23,24). The maximum Gasteiger partial charge on any atom is 0.269 e. The van der Waals surface area contributed by atoms with Crippen LogP contribution in [-0.4, -0.2) is 31.1 Å². The van der Waals surface area contributed by atoms with Crippen LogP contribution in [0.4, 0.5) is 5.69 Å². The smallest absolute Gasteiger partial charge is 0.269 e. The Morgan fingerprint density at radius 3 is 2.34 bits per heavy atom. The van der Waals surface area contributed by atoms with E-state index in [1.807, 2.05) is 39.0 Å². The molecule has 0 aliphatic rings. The maximum atomic E-state index is 10.7. The summed E-state index contributed by atoms with van der Waals surface area (Å²) >= 11 is 0. The highest BCUT2D eigenvalue weighted by Crippen LogP contribution is 2.30. The highest BCUT2D eigenvalue weighted by Gasteiger charge is 2.12. The first-order valence-electron chi connectivity index (χ1n) is 9.58. The number of rotatable bonds is 9. The van der Waals surface area contributed by atoms with Crippen LogP contribution in [0.25, 0.3) is 0 Å². The minimum absolute atomic E-state index is 0.0204. The summed E-state index contributed by atoms with van der Waals surface area (Å²) in [5.41, 5.74) is 2.03. The minimum Gasteiger partial charge on any atom is -0.490 e. The van der Waals surface area contributed by atoms with Gasteiger partial charge in [0.25, 0.3) is 5.69 Å². The number of non-ortho nitro benzene ring substituents is 1. The third kappa shape index (κ3) is 6.38. The van der Waals surface area contributed by atoms with Gasteiger partial charge >= 0.3 is 0 Å². The third-order valence-electron chi connectivity index (χ3n) is 4.25. The summed E-state index contributed by atoms with van der Waals surface area (Å²) in [5.74, 6) is 2.07. The number of nitro groups is 1. The van der Waals surface area contributed by atoms with E-state index in [1.54, 1.807) is 19.2 Å². The molecule has 0 heterocycles. The Labute approximate surface area is 171 Å². The molecule has 0 spiro atoms. The van der Waals surface area contributed by atoms with Crippen LogP contribution in [0.15, 0.2) is 47.5 Å². The Balaban J connectivity index is 2.01. The fourth-order valence-electron chi connectivity index (χ4n) is 2.74. The second-order valence-corrected chi connectivity index (χ2v) is 6.29. The number of ether oxygens (including phenoxy) is 2. The quantitative estimate of drug-likeness (QED) is 0.287. The summed E-state index contributed by atoms with van der Waals surface area (Å²) in [6, 6.07) is 12.3. The number of nitrogens with one attached hydrogen (secondary N) is 2. The lowest BCUT2D eigenvalue weighted by Crippen LogP contribution is -2.38. The molecule has 29 heavy (non-hydrogen) atoms. The molecule has 0 saturated carbocycles. The van der Waals surface area contributed by atoms with Gasteiger partial charge in [0.15, 0.2) is 17.5 Å². The van der Waals surface area contributed by atoms with Gasteiger partial charge in [-0.1, -0.05) is 18.2 Å². The van der Waals surface area contributed by atoms with Crippen molar-refractivity contribution in [2.75, 3.05) is 20.3 Å². The molecular formula is C21H28N4O4. The zero-order valence-corrected chi connectivity index (χ0v) is 17.3. The van der Waals surface area contributed by atoms with E-state index in [4.69, 9.17) is 9.47 Å². The number of nitro benzene ring substituents is 1. The molecule has 0 radical (unpaired) electrons. The lowest BCUT2D eigenvalue weighted by Gasteiger charge is -2.20. The van der Waals surface area contributed by atoms with Crippen LogP contribution >= 0.6 is 0 Å². The van der Waals surface area contributed by atoms with E-state index in [0.717, 1.165) is 16.9 Å². The SMILES string of the molecule is CCOc1ccc(C(C)NC(=NC)NCc2ccc([N+](=O)[O-])cc2)cc1OCC. The average molecular weight is 400 g/mol. The van der Waals surface area contributed by atoms with Crippen LogP contribution in [0.3, 0.4) is 0 Å². The molecule has 156 valence electrons. The number of guanidine groups is 1. The van der Waals surface area contributed by atoms with Crippen LogP contribution in [0.2, 0.25) is 0 Å². The maximum absolute atomic E-state index is 10.7. The second-order valence-electron chi connectivity index (χ2n) is 6.29. The van der Waals surface area contributed by atoms with Crippen molar-refractivity contribution in [3.05, 3.63) is 63.7 Å². The molecule has 0 aromatic heterocycles. The topological polar surface area (TPSA) is 98.0 Å². The summed E-state index contributed by atoms with van der Waals surface area (Å²) in [6.45, 7) is 7.54. The second kappa shape index (κ2) is 10.9. The number of nitrogens with zero attached hydrogens (tertiary/aromatic N) is 2. The summed E-state index contributed by atoms with van der Waals surface area (Å²) < 4.78 is 11.3. The van der Waals surface area contributed by atoms with E-state index in [1.165, 1.54) is 12.1 Å². The monoisotopic (exact) mass is 400 g/mol. The van der Waals surface area contributed by atoms with Gasteiger partial charge < -0.3 is 20.1 Å². The summed E-state index contributed by atoms with van der Waals surface area (Å²) in [4.78, 5) is 14.6. The fourth-order valence-corrected chi connectivity index (χ4v) is 2.74. The van der Waals surface area contributed by atoms with Gasteiger partial charge in [-0.15, -0.1) is 0 Å². The third-order valence-corrected chi connectivity index (χ3v) is 4.25. The van der Waals surface area contributed by atoms with Crippen LogP contribution < -0.4 is 20.1 Å². The Hall–Kier alpha value is -3.29. The molecule has 1 atom stereocenters. The molecule has 0 aliphatic carbocycles. The van der Waals surface area contributed by atoms with Gasteiger partial charge in [-0.05, 0) is 44.0 Å². The van der Waals surface area contributed by atoms with E-state index in [-0.39, 0.29) is 11.7 Å². The van der Waals surface area contributed by atoms with Crippen molar-refractivity contribution < 1.29 is 14.4 Å². The normalized spacial score (nSPS) is 12.2. The Morgan fingerprint density at radius 1 is 1.10 bits per heavy atom. The van der Waals surface area contributed by atoms with E-state index >= 15 is 0 Å². The van der Waals surface area contributed by atoms with Gasteiger partial charge in [0.05, 0.1) is 24.2 Å². The largest absolute Gasteiger partial charge is 0.490 e. The molecule has 0 fully saturated rings. The molecule has 8 nitrogen and oxygen atoms in total. The van der Waals surface area contributed by atoms with Gasteiger partial charge in [-0.25, -0.2) is 0 Å². The Morgan fingerprint density at radius 2 is 1.76 bits per heavy atom. The highest BCUT2D eigenvalue weighted by atomic mass is 16.6. The first kappa shape index (κ1) is 22.0. The van der Waals surface area contributed by atoms with Crippen molar-refractivity contribution in [2.24, 2.45) is 4.99 Å². The molecule has 0 aliphatic heterocycles. The van der Waals surface area contributed by atoms with Gasteiger partial charge in [-0.3, -0.25) is 15.1 Å². The first-order valence-corrected chi connectivity index (χ1v) is 9.58. The van der Waals surface area contributed by atoms with Crippen molar-refractivity contribution in [3.63, 3.8) is 0 Å². The van der Waals surface area contributed by atoms with Crippen molar-refractivity contribution in [1.82, 2.24) is 10.6 Å². The van der Waals surface area contributed by atoms with Gasteiger partial charge in [-0.2, -0.15) is 0 Å². The molecule has 0 bridgehead atoms. The molecule has 0 amide bonds. The lowest BCUT2D eigenvalue weighted by atomic mass is 10.1. The van der Waals surface area contributed by atoms with E-state index < -0.39 is 4.92 Å². The zero-order valence-electron chi connectivity index (χ0n) is 17.3. The highest BCUT2D eigenvalue weighted by molar-refractivity contribution is 5.80. The summed E-state index contributed by atoms with van der Waals surface area (Å²) in [6.07, 6.45) is 0. The van der Waals surface area contributed by atoms with E-state index in [2.05, 4.69) is 15.6 Å². The lowest BCUT2D eigenvalue weighted by molar-refractivity contribution is -0.384. The summed E-state index contributed by atoms with van der Waals surface area (Å²) in [5, 5.41) is 17.3. The summed E-state index contributed by atoms with van der Waals surface area (Å²) in [7, 11) is 1.70. The Bertz CT molecular complexity index is 837. The number of hydrogen-bond acceptors (Lipinski definition) is 5.